The van der Waals surface area contributed by atoms with E-state index in [0.717, 1.165) is 17.7 Å². The second kappa shape index (κ2) is 8.52. The molecular weight excluding hydrogens is 330 g/mol. The highest BCUT2D eigenvalue weighted by Crippen LogP contribution is 2.30. The number of hydrogen-bond donors (Lipinski definition) is 1. The van der Waals surface area contributed by atoms with Gasteiger partial charge in [-0.05, 0) is 36.6 Å². The zero-order chi connectivity index (χ0) is 18.4. The zero-order valence-corrected chi connectivity index (χ0v) is 14.6. The number of rotatable bonds is 7. The van der Waals surface area contributed by atoms with E-state index < -0.39 is 5.97 Å². The topological polar surface area (TPSA) is 66.8 Å². The quantitative estimate of drug-likeness (QED) is 0.773. The Morgan fingerprint density at radius 2 is 1.81 bits per heavy atom. The van der Waals surface area contributed by atoms with Crippen LogP contribution in [-0.4, -0.2) is 41.6 Å². The van der Waals surface area contributed by atoms with Crippen molar-refractivity contribution in [2.45, 2.75) is 25.2 Å². The van der Waals surface area contributed by atoms with E-state index in [1.807, 2.05) is 47.4 Å². The highest BCUT2D eigenvalue weighted by atomic mass is 16.5. The van der Waals surface area contributed by atoms with Crippen molar-refractivity contribution >= 4 is 11.9 Å². The van der Waals surface area contributed by atoms with E-state index in [4.69, 9.17) is 4.74 Å². The third-order valence-corrected chi connectivity index (χ3v) is 4.72. The van der Waals surface area contributed by atoms with Crippen LogP contribution in [0.15, 0.2) is 54.6 Å². The van der Waals surface area contributed by atoms with Gasteiger partial charge in [-0.25, -0.2) is 4.79 Å². The number of carbonyl (C=O) groups excluding carboxylic acids is 1. The van der Waals surface area contributed by atoms with Gasteiger partial charge >= 0.3 is 5.97 Å². The first-order valence-corrected chi connectivity index (χ1v) is 8.93. The smallest absolute Gasteiger partial charge is 0.335 e. The lowest BCUT2D eigenvalue weighted by Crippen LogP contribution is -2.28. The molecule has 2 aromatic rings. The fourth-order valence-electron chi connectivity index (χ4n) is 3.38. The maximum Gasteiger partial charge on any atom is 0.335 e. The monoisotopic (exact) mass is 353 g/mol. The summed E-state index contributed by atoms with van der Waals surface area (Å²) in [5.74, 6) is 0.0960. The van der Waals surface area contributed by atoms with Gasteiger partial charge in [0, 0.05) is 25.4 Å². The summed E-state index contributed by atoms with van der Waals surface area (Å²) < 4.78 is 5.62. The number of aromatic carboxylic acids is 1. The number of carboxylic acids is 1. The zero-order valence-electron chi connectivity index (χ0n) is 14.6. The molecule has 1 N–H and O–H groups in total. The molecule has 1 aliphatic heterocycles. The molecule has 0 aliphatic carbocycles. The first-order chi connectivity index (χ1) is 12.6. The van der Waals surface area contributed by atoms with Crippen LogP contribution in [0, 0.1) is 0 Å². The minimum Gasteiger partial charge on any atom is -0.494 e. The maximum absolute atomic E-state index is 12.4. The van der Waals surface area contributed by atoms with E-state index in [-0.39, 0.29) is 11.8 Å². The Morgan fingerprint density at radius 3 is 2.58 bits per heavy atom. The van der Waals surface area contributed by atoms with Crippen LogP contribution in [0.4, 0.5) is 0 Å². The van der Waals surface area contributed by atoms with Crippen LogP contribution in [0.3, 0.4) is 0 Å². The van der Waals surface area contributed by atoms with Crippen LogP contribution in [0.1, 0.15) is 41.1 Å². The number of likely N-dealkylation sites (tertiary alicyclic amines) is 1. The third kappa shape index (κ3) is 4.42. The lowest BCUT2D eigenvalue weighted by Gasteiger charge is -2.17. The second-order valence-corrected chi connectivity index (χ2v) is 6.48. The van der Waals surface area contributed by atoms with Crippen molar-refractivity contribution in [1.82, 2.24) is 4.90 Å². The number of carboxylic acid groups (broad SMARTS) is 1. The maximum atomic E-state index is 12.4. The molecule has 26 heavy (non-hydrogen) atoms. The van der Waals surface area contributed by atoms with E-state index in [1.165, 1.54) is 0 Å². The lowest BCUT2D eigenvalue weighted by molar-refractivity contribution is -0.130. The lowest BCUT2D eigenvalue weighted by atomic mass is 9.93. The van der Waals surface area contributed by atoms with Gasteiger partial charge in [0.25, 0.3) is 0 Å². The largest absolute Gasteiger partial charge is 0.494 e. The van der Waals surface area contributed by atoms with Gasteiger partial charge in [-0.1, -0.05) is 36.4 Å². The first-order valence-electron chi connectivity index (χ1n) is 8.93. The molecule has 1 fully saturated rings. The van der Waals surface area contributed by atoms with Crippen molar-refractivity contribution in [3.63, 3.8) is 0 Å². The molecule has 0 bridgehead atoms. The number of nitrogens with zero attached hydrogens (tertiary/aromatic N) is 1. The molecule has 0 saturated carbocycles. The van der Waals surface area contributed by atoms with Crippen LogP contribution < -0.4 is 4.74 Å². The van der Waals surface area contributed by atoms with Crippen LogP contribution in [0.25, 0.3) is 0 Å². The highest BCUT2D eigenvalue weighted by molar-refractivity contribution is 5.89. The van der Waals surface area contributed by atoms with Crippen LogP contribution in [0.2, 0.25) is 0 Å². The van der Waals surface area contributed by atoms with E-state index >= 15 is 0 Å². The number of hydrogen-bond acceptors (Lipinski definition) is 3. The fraction of sp³-hybridized carbons (Fsp3) is 0.333. The fourth-order valence-corrected chi connectivity index (χ4v) is 3.38. The molecule has 1 atom stereocenters. The molecular formula is C21H23NO4. The van der Waals surface area contributed by atoms with E-state index in [1.54, 1.807) is 12.1 Å². The first kappa shape index (κ1) is 18.0. The average Bonchev–Trinajstić information content (AvgIpc) is 3.16. The van der Waals surface area contributed by atoms with Crippen molar-refractivity contribution in [2.24, 2.45) is 0 Å². The predicted molar refractivity (Wildman–Crippen MR) is 98.5 cm³/mol. The minimum atomic E-state index is -0.913. The summed E-state index contributed by atoms with van der Waals surface area (Å²) in [5.41, 5.74) is 1.16. The molecule has 0 radical (unpaired) electrons. The summed E-state index contributed by atoms with van der Waals surface area (Å²) in [6.45, 7) is 1.77. The summed E-state index contributed by atoms with van der Waals surface area (Å²) in [6, 6.07) is 16.6. The van der Waals surface area contributed by atoms with E-state index in [0.29, 0.717) is 38.1 Å². The van der Waals surface area contributed by atoms with Gasteiger partial charge in [-0.3, -0.25) is 4.79 Å². The third-order valence-electron chi connectivity index (χ3n) is 4.72. The standard InChI is InChI=1S/C21H23NO4/c23-20(11-6-14-26-17-7-2-1-3-8-17)22-13-12-16(15-22)18-9-4-5-10-19(18)21(24)25/h1-5,7-10,16H,6,11-15H2,(H,24,25)/t16-/m1/s1. The Morgan fingerprint density at radius 1 is 1.08 bits per heavy atom. The van der Waals surface area contributed by atoms with Crippen molar-refractivity contribution in [3.8, 4) is 5.75 Å². The second-order valence-electron chi connectivity index (χ2n) is 6.48. The number of carbonyl (C=O) groups is 2. The number of ether oxygens (including phenoxy) is 1. The van der Waals surface area contributed by atoms with Crippen molar-refractivity contribution in [2.75, 3.05) is 19.7 Å². The van der Waals surface area contributed by atoms with Crippen molar-refractivity contribution in [3.05, 3.63) is 65.7 Å². The van der Waals surface area contributed by atoms with E-state index in [2.05, 4.69) is 0 Å². The van der Waals surface area contributed by atoms with Crippen molar-refractivity contribution in [1.29, 1.82) is 0 Å². The summed E-state index contributed by atoms with van der Waals surface area (Å²) in [7, 11) is 0. The van der Waals surface area contributed by atoms with Crippen LogP contribution >= 0.6 is 0 Å². The molecule has 1 saturated heterocycles. The van der Waals surface area contributed by atoms with E-state index in [9.17, 15) is 14.7 Å². The predicted octanol–water partition coefficient (Wildman–Crippen LogP) is 3.56. The molecule has 0 spiro atoms. The number of benzene rings is 2. The van der Waals surface area contributed by atoms with Crippen molar-refractivity contribution < 1.29 is 19.4 Å². The molecule has 3 rings (SSSR count). The van der Waals surface area contributed by atoms with Gasteiger partial charge in [0.05, 0.1) is 12.2 Å². The molecule has 5 nitrogen and oxygen atoms in total. The Hall–Kier alpha value is -2.82. The number of para-hydroxylation sites is 1. The van der Waals surface area contributed by atoms with Gasteiger partial charge in [0.2, 0.25) is 5.91 Å². The Bertz CT molecular complexity index is 760. The SMILES string of the molecule is O=C(O)c1ccccc1[C@@H]1CCN(C(=O)CCCOc2ccccc2)C1. The molecule has 0 unspecified atom stereocenters. The molecule has 1 aliphatic rings. The summed E-state index contributed by atoms with van der Waals surface area (Å²) >= 11 is 0. The molecule has 0 aromatic heterocycles. The van der Waals surface area contributed by atoms with Gasteiger partial charge in [0.1, 0.15) is 5.75 Å². The Kier molecular flexibility index (Phi) is 5.89. The Balaban J connectivity index is 1.48. The summed E-state index contributed by atoms with van der Waals surface area (Å²) in [6.07, 6.45) is 1.91. The van der Waals surface area contributed by atoms with Gasteiger partial charge in [-0.2, -0.15) is 0 Å². The summed E-state index contributed by atoms with van der Waals surface area (Å²) in [4.78, 5) is 25.6. The molecule has 2 aromatic carbocycles. The van der Waals surface area contributed by atoms with Gasteiger partial charge in [-0.15, -0.1) is 0 Å². The van der Waals surface area contributed by atoms with Gasteiger partial charge in [0.15, 0.2) is 0 Å². The molecule has 1 amide bonds. The minimum absolute atomic E-state index is 0.0896. The highest BCUT2D eigenvalue weighted by Gasteiger charge is 2.29. The molecule has 5 heteroatoms. The molecule has 1 heterocycles. The van der Waals surface area contributed by atoms with Gasteiger partial charge < -0.3 is 14.7 Å². The average molecular weight is 353 g/mol. The molecule has 136 valence electrons. The van der Waals surface area contributed by atoms with Crippen LogP contribution in [0.5, 0.6) is 5.75 Å². The Labute approximate surface area is 153 Å². The number of amides is 1. The normalized spacial score (nSPS) is 16.5. The van der Waals surface area contributed by atoms with Crippen LogP contribution in [-0.2, 0) is 4.79 Å². The summed E-state index contributed by atoms with van der Waals surface area (Å²) in [5, 5.41) is 9.34.